The summed E-state index contributed by atoms with van der Waals surface area (Å²) in [4.78, 5) is 6.35. The fraction of sp³-hybridized carbons (Fsp3) is 0.294. The van der Waals surface area contributed by atoms with Crippen molar-refractivity contribution in [1.82, 2.24) is 9.97 Å². The second-order valence-electron chi connectivity index (χ2n) is 5.88. The molecule has 2 aliphatic rings. The molecule has 0 saturated carbocycles. The SMILES string of the molecule is S=c1[nH]c2c(c(=S)[nH]1)C(c1ccccc1)C1=C(CCCC1)N2. The average molecular weight is 327 g/mol. The van der Waals surface area contributed by atoms with Crippen molar-refractivity contribution in [2.75, 3.05) is 5.32 Å². The summed E-state index contributed by atoms with van der Waals surface area (Å²) in [5.74, 6) is 1.19. The van der Waals surface area contributed by atoms with E-state index in [1.165, 1.54) is 29.7 Å². The number of aromatic nitrogens is 2. The third kappa shape index (κ3) is 2.25. The topological polar surface area (TPSA) is 43.6 Å². The Labute approximate surface area is 139 Å². The fourth-order valence-corrected chi connectivity index (χ4v) is 4.19. The van der Waals surface area contributed by atoms with Gasteiger partial charge in [0.15, 0.2) is 4.77 Å². The van der Waals surface area contributed by atoms with Crippen molar-refractivity contribution in [3.05, 3.63) is 62.1 Å². The van der Waals surface area contributed by atoms with Gasteiger partial charge >= 0.3 is 0 Å². The maximum Gasteiger partial charge on any atom is 0.177 e. The van der Waals surface area contributed by atoms with Crippen LogP contribution in [0.5, 0.6) is 0 Å². The number of aromatic amines is 2. The van der Waals surface area contributed by atoms with E-state index in [4.69, 9.17) is 24.4 Å². The molecule has 3 N–H and O–H groups in total. The Morgan fingerprint density at radius 2 is 1.73 bits per heavy atom. The Morgan fingerprint density at radius 1 is 0.955 bits per heavy atom. The molecule has 0 amide bonds. The van der Waals surface area contributed by atoms with E-state index in [1.54, 1.807) is 0 Å². The third-order valence-corrected chi connectivity index (χ3v) is 5.06. The van der Waals surface area contributed by atoms with Gasteiger partial charge in [-0.05, 0) is 49.0 Å². The van der Waals surface area contributed by atoms with Gasteiger partial charge in [0.25, 0.3) is 0 Å². The summed E-state index contributed by atoms with van der Waals surface area (Å²) in [7, 11) is 0. The first-order valence-corrected chi connectivity index (χ1v) is 8.46. The minimum atomic E-state index is 0.225. The smallest absolute Gasteiger partial charge is 0.177 e. The van der Waals surface area contributed by atoms with Crippen LogP contribution in [0.25, 0.3) is 0 Å². The van der Waals surface area contributed by atoms with Crippen LogP contribution >= 0.6 is 24.4 Å². The van der Waals surface area contributed by atoms with Gasteiger partial charge in [-0.25, -0.2) is 0 Å². The lowest BCUT2D eigenvalue weighted by Crippen LogP contribution is -2.23. The van der Waals surface area contributed by atoms with Crippen LogP contribution in [0, 0.1) is 9.41 Å². The highest BCUT2D eigenvalue weighted by Gasteiger charge is 2.31. The summed E-state index contributed by atoms with van der Waals surface area (Å²) in [6.07, 6.45) is 4.72. The van der Waals surface area contributed by atoms with Crippen molar-refractivity contribution in [3.8, 4) is 0 Å². The normalized spacial score (nSPS) is 20.1. The van der Waals surface area contributed by atoms with E-state index in [9.17, 15) is 0 Å². The van der Waals surface area contributed by atoms with Crippen molar-refractivity contribution >= 4 is 30.3 Å². The molecule has 112 valence electrons. The van der Waals surface area contributed by atoms with Gasteiger partial charge in [0.2, 0.25) is 0 Å². The molecule has 1 aliphatic heterocycles. The first-order valence-electron chi connectivity index (χ1n) is 7.64. The lowest BCUT2D eigenvalue weighted by Gasteiger charge is -2.34. The molecular weight excluding hydrogens is 310 g/mol. The van der Waals surface area contributed by atoms with E-state index in [1.807, 2.05) is 0 Å². The monoisotopic (exact) mass is 327 g/mol. The molecule has 0 spiro atoms. The lowest BCUT2D eigenvalue weighted by atomic mass is 9.77. The van der Waals surface area contributed by atoms with Crippen LogP contribution < -0.4 is 5.32 Å². The van der Waals surface area contributed by atoms with E-state index in [2.05, 4.69) is 45.6 Å². The van der Waals surface area contributed by atoms with Crippen LogP contribution in [0.1, 0.15) is 42.7 Å². The second-order valence-corrected chi connectivity index (χ2v) is 6.69. The van der Waals surface area contributed by atoms with Gasteiger partial charge in [0.1, 0.15) is 10.5 Å². The Kier molecular flexibility index (Phi) is 3.47. The molecule has 4 rings (SSSR count). The third-order valence-electron chi connectivity index (χ3n) is 4.54. The first-order chi connectivity index (χ1) is 10.7. The molecule has 1 unspecified atom stereocenters. The number of hydrogen-bond acceptors (Lipinski definition) is 3. The molecule has 1 atom stereocenters. The summed E-state index contributed by atoms with van der Waals surface area (Å²) in [6, 6.07) is 10.6. The Morgan fingerprint density at radius 3 is 2.55 bits per heavy atom. The van der Waals surface area contributed by atoms with Gasteiger partial charge in [-0.2, -0.15) is 0 Å². The molecule has 22 heavy (non-hydrogen) atoms. The number of H-pyrrole nitrogens is 2. The summed E-state index contributed by atoms with van der Waals surface area (Å²) in [5, 5.41) is 3.55. The lowest BCUT2D eigenvalue weighted by molar-refractivity contribution is 0.632. The van der Waals surface area contributed by atoms with Crippen LogP contribution in [-0.2, 0) is 0 Å². The number of anilines is 1. The molecule has 0 bridgehead atoms. The van der Waals surface area contributed by atoms with Crippen molar-refractivity contribution in [2.24, 2.45) is 0 Å². The zero-order valence-corrected chi connectivity index (χ0v) is 13.7. The Balaban J connectivity index is 1.99. The van der Waals surface area contributed by atoms with Crippen LogP contribution in [-0.4, -0.2) is 9.97 Å². The highest BCUT2D eigenvalue weighted by Crippen LogP contribution is 2.45. The van der Waals surface area contributed by atoms with Crippen LogP contribution in [0.3, 0.4) is 0 Å². The largest absolute Gasteiger partial charge is 0.345 e. The maximum atomic E-state index is 5.59. The Bertz CT molecular complexity index is 861. The summed E-state index contributed by atoms with van der Waals surface area (Å²) in [5.41, 5.74) is 5.24. The zero-order chi connectivity index (χ0) is 15.1. The zero-order valence-electron chi connectivity index (χ0n) is 12.1. The minimum Gasteiger partial charge on any atom is -0.345 e. The molecule has 0 radical (unpaired) electrons. The quantitative estimate of drug-likeness (QED) is 0.632. The summed E-state index contributed by atoms with van der Waals surface area (Å²) < 4.78 is 1.31. The van der Waals surface area contributed by atoms with E-state index >= 15 is 0 Å². The predicted molar refractivity (Wildman–Crippen MR) is 94.2 cm³/mol. The minimum absolute atomic E-state index is 0.225. The predicted octanol–water partition coefficient (Wildman–Crippen LogP) is 5.19. The molecule has 1 aliphatic carbocycles. The number of rotatable bonds is 1. The van der Waals surface area contributed by atoms with Gasteiger partial charge in [-0.15, -0.1) is 0 Å². The summed E-state index contributed by atoms with van der Waals surface area (Å²) >= 11 is 10.8. The van der Waals surface area contributed by atoms with E-state index in [0.29, 0.717) is 4.77 Å². The fourth-order valence-electron chi connectivity index (χ4n) is 3.60. The molecule has 2 heterocycles. The molecule has 3 nitrogen and oxygen atoms in total. The molecule has 1 aromatic heterocycles. The van der Waals surface area contributed by atoms with Crippen LogP contribution in [0.4, 0.5) is 5.82 Å². The first kappa shape index (κ1) is 13.9. The van der Waals surface area contributed by atoms with Gasteiger partial charge in [-0.3, -0.25) is 0 Å². The maximum absolute atomic E-state index is 5.59. The van der Waals surface area contributed by atoms with E-state index < -0.39 is 0 Å². The van der Waals surface area contributed by atoms with Crippen molar-refractivity contribution in [2.45, 2.75) is 31.6 Å². The molecular formula is C17H17N3S2. The van der Waals surface area contributed by atoms with Crippen molar-refractivity contribution < 1.29 is 0 Å². The average Bonchev–Trinajstić information content (AvgIpc) is 2.53. The molecule has 0 fully saturated rings. The van der Waals surface area contributed by atoms with E-state index in [-0.39, 0.29) is 5.92 Å². The van der Waals surface area contributed by atoms with Crippen LogP contribution in [0.2, 0.25) is 0 Å². The standard InChI is InChI=1S/C17H17N3S2/c21-16-14-13(10-6-2-1-3-7-10)11-8-4-5-9-12(11)18-15(14)19-17(22)20-16/h1-3,6-7,13H,4-5,8-9H2,(H3,18,19,20,21,22). The van der Waals surface area contributed by atoms with Gasteiger partial charge in [0.05, 0.1) is 0 Å². The molecule has 1 aromatic carbocycles. The van der Waals surface area contributed by atoms with Gasteiger partial charge in [0, 0.05) is 17.2 Å². The highest BCUT2D eigenvalue weighted by molar-refractivity contribution is 7.72. The molecule has 0 saturated heterocycles. The van der Waals surface area contributed by atoms with Crippen molar-refractivity contribution in [3.63, 3.8) is 0 Å². The molecule has 5 heteroatoms. The number of benzene rings is 1. The highest BCUT2D eigenvalue weighted by atomic mass is 32.1. The molecule has 2 aromatic rings. The second kappa shape index (κ2) is 5.48. The number of hydrogen-bond donors (Lipinski definition) is 3. The summed E-state index contributed by atoms with van der Waals surface area (Å²) in [6.45, 7) is 0. The number of allylic oxidation sites excluding steroid dienone is 2. The number of fused-ring (bicyclic) bond motifs is 1. The number of nitrogens with one attached hydrogen (secondary N) is 3. The van der Waals surface area contributed by atoms with Gasteiger partial charge < -0.3 is 15.3 Å². The van der Waals surface area contributed by atoms with Crippen molar-refractivity contribution in [1.29, 1.82) is 0 Å². The van der Waals surface area contributed by atoms with Gasteiger partial charge in [-0.1, -0.05) is 42.5 Å². The van der Waals surface area contributed by atoms with Crippen LogP contribution in [0.15, 0.2) is 41.6 Å². The van der Waals surface area contributed by atoms with E-state index in [0.717, 1.165) is 28.9 Å². The Hall–Kier alpha value is -1.72.